The monoisotopic (exact) mass is 423 g/mol. The van der Waals surface area contributed by atoms with Crippen molar-refractivity contribution in [1.82, 2.24) is 0 Å². The first-order chi connectivity index (χ1) is 10.3. The van der Waals surface area contributed by atoms with Crippen molar-refractivity contribution in [2.75, 3.05) is 0 Å². The maximum atomic E-state index is 13.1. The number of rotatable bonds is 3. The van der Waals surface area contributed by atoms with Crippen molar-refractivity contribution in [1.29, 1.82) is 5.41 Å². The number of halogens is 5. The molecule has 7 heteroatoms. The van der Waals surface area contributed by atoms with Gasteiger partial charge in [-0.05, 0) is 35.4 Å². The lowest BCUT2D eigenvalue weighted by molar-refractivity contribution is 0.226. The molecule has 2 rings (SSSR count). The minimum atomic E-state index is -1.96. The molecule has 0 aromatic heterocycles. The lowest BCUT2D eigenvalue weighted by atomic mass is 10.0. The Bertz CT molecular complexity index is 610. The Morgan fingerprint density at radius 1 is 1.00 bits per heavy atom. The van der Waals surface area contributed by atoms with Crippen LogP contribution >= 0.6 is 50.7 Å². The molecule has 0 aliphatic carbocycles. The van der Waals surface area contributed by atoms with Crippen LogP contribution in [-0.2, 0) is 4.74 Å². The molecule has 0 fully saturated rings. The van der Waals surface area contributed by atoms with E-state index in [0.717, 1.165) is 10.0 Å². The van der Waals surface area contributed by atoms with Crippen molar-refractivity contribution in [2.24, 2.45) is 0 Å². The van der Waals surface area contributed by atoms with Gasteiger partial charge in [-0.3, -0.25) is 5.41 Å². The van der Waals surface area contributed by atoms with E-state index < -0.39 is 15.8 Å². The Hall–Kier alpha value is -0.810. The Balaban J connectivity index is 2.38. The van der Waals surface area contributed by atoms with Crippen LogP contribution in [-0.4, -0.2) is 9.69 Å². The third kappa shape index (κ3) is 4.59. The maximum absolute atomic E-state index is 13.1. The molecule has 2 aromatic carbocycles. The van der Waals surface area contributed by atoms with Crippen molar-refractivity contribution in [3.05, 3.63) is 69.9 Å². The molecule has 0 saturated heterocycles. The summed E-state index contributed by atoms with van der Waals surface area (Å²) in [5.74, 6) is -0.871. The van der Waals surface area contributed by atoms with Crippen LogP contribution in [0, 0.1) is 11.2 Å². The molecule has 0 saturated carbocycles. The minimum absolute atomic E-state index is 0.366. The quantitative estimate of drug-likeness (QED) is 0.363. The summed E-state index contributed by atoms with van der Waals surface area (Å²) in [6, 6.07) is 13.0. The van der Waals surface area contributed by atoms with Crippen molar-refractivity contribution >= 4 is 56.6 Å². The summed E-state index contributed by atoms with van der Waals surface area (Å²) < 4.78 is 17.6. The fourth-order valence-corrected chi connectivity index (χ4v) is 2.19. The summed E-state index contributed by atoms with van der Waals surface area (Å²) in [4.78, 5) is 0. The van der Waals surface area contributed by atoms with E-state index in [2.05, 4.69) is 15.9 Å². The molecule has 22 heavy (non-hydrogen) atoms. The second-order valence-corrected chi connectivity index (χ2v) is 7.62. The van der Waals surface area contributed by atoms with Gasteiger partial charge in [0.1, 0.15) is 5.82 Å². The van der Waals surface area contributed by atoms with Gasteiger partial charge in [-0.2, -0.15) is 0 Å². The summed E-state index contributed by atoms with van der Waals surface area (Å²) in [7, 11) is 0. The fourth-order valence-electron chi connectivity index (χ4n) is 1.79. The molecule has 0 amide bonds. The molecule has 116 valence electrons. The summed E-state index contributed by atoms with van der Waals surface area (Å²) in [6.07, 6.45) is -0.683. The zero-order valence-electron chi connectivity index (χ0n) is 11.0. The fraction of sp³-hybridized carbons (Fsp3) is 0.133. The summed E-state index contributed by atoms with van der Waals surface area (Å²) >= 11 is 20.3. The highest BCUT2D eigenvalue weighted by atomic mass is 79.9. The van der Waals surface area contributed by atoms with Crippen LogP contribution in [0.2, 0.25) is 0 Å². The van der Waals surface area contributed by atoms with Crippen LogP contribution in [0.1, 0.15) is 17.2 Å². The number of alkyl halides is 3. The van der Waals surface area contributed by atoms with Crippen LogP contribution in [0.4, 0.5) is 4.39 Å². The Morgan fingerprint density at radius 2 is 1.45 bits per heavy atom. The Morgan fingerprint density at radius 3 is 1.91 bits per heavy atom. The molecule has 0 aliphatic rings. The van der Waals surface area contributed by atoms with Crippen molar-refractivity contribution in [2.45, 2.75) is 9.90 Å². The van der Waals surface area contributed by atoms with E-state index in [-0.39, 0.29) is 5.82 Å². The van der Waals surface area contributed by atoms with Gasteiger partial charge in [-0.15, -0.1) is 0 Å². The number of nitrogens with one attached hydrogen (secondary N) is 1. The predicted octanol–water partition coefficient (Wildman–Crippen LogP) is 6.04. The van der Waals surface area contributed by atoms with Gasteiger partial charge in [-0.1, -0.05) is 75.0 Å². The highest BCUT2D eigenvalue weighted by Crippen LogP contribution is 2.34. The number of hydrogen-bond donors (Lipinski definition) is 1. The molecular weight excluding hydrogens is 415 g/mol. The Kier molecular flexibility index (Phi) is 5.72. The zero-order chi connectivity index (χ0) is 16.3. The average Bonchev–Trinajstić information content (AvgIpc) is 2.46. The van der Waals surface area contributed by atoms with Crippen LogP contribution in [0.3, 0.4) is 0 Å². The first-order valence-electron chi connectivity index (χ1n) is 6.10. The predicted molar refractivity (Wildman–Crippen MR) is 91.5 cm³/mol. The van der Waals surface area contributed by atoms with E-state index >= 15 is 0 Å². The van der Waals surface area contributed by atoms with E-state index in [4.69, 9.17) is 44.9 Å². The van der Waals surface area contributed by atoms with Gasteiger partial charge in [0.15, 0.2) is 6.10 Å². The molecule has 1 atom stereocenters. The molecule has 1 unspecified atom stereocenters. The van der Waals surface area contributed by atoms with E-state index in [1.165, 1.54) is 12.1 Å². The molecule has 1 N–H and O–H groups in total. The van der Waals surface area contributed by atoms with Gasteiger partial charge in [0.05, 0.1) is 0 Å². The number of benzene rings is 2. The van der Waals surface area contributed by atoms with E-state index in [1.807, 2.05) is 24.3 Å². The van der Waals surface area contributed by atoms with Crippen molar-refractivity contribution in [3.63, 3.8) is 0 Å². The third-order valence-electron chi connectivity index (χ3n) is 2.84. The highest BCUT2D eigenvalue weighted by molar-refractivity contribution is 9.10. The molecule has 0 aliphatic heterocycles. The summed E-state index contributed by atoms with van der Waals surface area (Å²) in [5, 5.41) is 7.75. The number of ether oxygens (including phenoxy) is 1. The van der Waals surface area contributed by atoms with Gasteiger partial charge in [0.25, 0.3) is 3.79 Å². The van der Waals surface area contributed by atoms with Crippen LogP contribution in [0.25, 0.3) is 0 Å². The first kappa shape index (κ1) is 17.5. The normalized spacial score (nSPS) is 12.8. The van der Waals surface area contributed by atoms with Gasteiger partial charge in [-0.25, -0.2) is 4.39 Å². The molecular formula is C15H10BrCl3FNO. The minimum Gasteiger partial charge on any atom is -0.465 e. The smallest absolute Gasteiger partial charge is 0.265 e. The summed E-state index contributed by atoms with van der Waals surface area (Å²) in [5.41, 5.74) is 1.39. The molecule has 0 bridgehead atoms. The van der Waals surface area contributed by atoms with Gasteiger partial charge in [0.2, 0.25) is 5.90 Å². The van der Waals surface area contributed by atoms with Gasteiger partial charge >= 0.3 is 0 Å². The largest absolute Gasteiger partial charge is 0.465 e. The lowest BCUT2D eigenvalue weighted by Crippen LogP contribution is -2.24. The van der Waals surface area contributed by atoms with E-state index in [1.54, 1.807) is 12.1 Å². The Labute approximate surface area is 150 Å². The molecule has 0 radical (unpaired) electrons. The second-order valence-electron chi connectivity index (χ2n) is 4.43. The van der Waals surface area contributed by atoms with Gasteiger partial charge in [0, 0.05) is 4.47 Å². The zero-order valence-corrected chi connectivity index (χ0v) is 14.8. The molecule has 2 nitrogen and oxygen atoms in total. The SMILES string of the molecule is N=C(OC(c1ccc(F)cc1)c1ccc(Br)cc1)C(Cl)(Cl)Cl. The highest BCUT2D eigenvalue weighted by Gasteiger charge is 2.31. The first-order valence-corrected chi connectivity index (χ1v) is 8.03. The van der Waals surface area contributed by atoms with Crippen LogP contribution in [0.15, 0.2) is 53.0 Å². The molecule has 0 spiro atoms. The number of hydrogen-bond acceptors (Lipinski definition) is 2. The maximum Gasteiger partial charge on any atom is 0.265 e. The summed E-state index contributed by atoms with van der Waals surface area (Å²) in [6.45, 7) is 0. The third-order valence-corrected chi connectivity index (χ3v) is 3.88. The van der Waals surface area contributed by atoms with E-state index in [0.29, 0.717) is 5.56 Å². The van der Waals surface area contributed by atoms with Crippen LogP contribution in [0.5, 0.6) is 0 Å². The molecule has 0 heterocycles. The standard InChI is InChI=1S/C15H10BrCl3FNO/c16-11-5-1-9(2-6-11)13(22-14(21)15(17,18)19)10-3-7-12(20)8-4-10/h1-8,13,21H. The van der Waals surface area contributed by atoms with Crippen molar-refractivity contribution < 1.29 is 9.13 Å². The lowest BCUT2D eigenvalue weighted by Gasteiger charge is -2.23. The van der Waals surface area contributed by atoms with Crippen LogP contribution < -0.4 is 0 Å². The average molecular weight is 426 g/mol. The van der Waals surface area contributed by atoms with E-state index in [9.17, 15) is 4.39 Å². The van der Waals surface area contributed by atoms with Gasteiger partial charge < -0.3 is 4.74 Å². The van der Waals surface area contributed by atoms with Crippen molar-refractivity contribution in [3.8, 4) is 0 Å². The topological polar surface area (TPSA) is 33.1 Å². The second kappa shape index (κ2) is 7.18. The molecule has 2 aromatic rings.